The number of benzene rings is 1. The molecule has 1 saturated carbocycles. The summed E-state index contributed by atoms with van der Waals surface area (Å²) in [4.78, 5) is 17.9. The van der Waals surface area contributed by atoms with E-state index >= 15 is 0 Å². The number of isocyanates is 1. The molecular formula is C16H17FN2O. The van der Waals surface area contributed by atoms with Crippen LogP contribution < -0.4 is 0 Å². The van der Waals surface area contributed by atoms with Crippen molar-refractivity contribution in [2.24, 2.45) is 4.99 Å². The minimum absolute atomic E-state index is 0.277. The number of aryl methyl sites for hydroxylation is 2. The van der Waals surface area contributed by atoms with E-state index in [9.17, 15) is 9.18 Å². The van der Waals surface area contributed by atoms with E-state index in [2.05, 4.69) is 9.98 Å². The molecule has 1 aliphatic rings. The number of aromatic nitrogens is 1. The summed E-state index contributed by atoms with van der Waals surface area (Å²) in [7, 11) is 0. The molecule has 0 atom stereocenters. The van der Waals surface area contributed by atoms with Crippen LogP contribution in [0.25, 0.3) is 10.9 Å². The van der Waals surface area contributed by atoms with Gasteiger partial charge in [-0.05, 0) is 49.9 Å². The van der Waals surface area contributed by atoms with Gasteiger partial charge in [0.05, 0.1) is 11.1 Å². The first kappa shape index (κ1) is 13.1. The summed E-state index contributed by atoms with van der Waals surface area (Å²) in [6, 6.07) is 3.49. The van der Waals surface area contributed by atoms with Crippen molar-refractivity contribution in [3.8, 4) is 0 Å². The van der Waals surface area contributed by atoms with Crippen molar-refractivity contribution < 1.29 is 9.18 Å². The topological polar surface area (TPSA) is 45.2 Å². The highest BCUT2D eigenvalue weighted by Gasteiger charge is 2.36. The van der Waals surface area contributed by atoms with Gasteiger partial charge in [-0.1, -0.05) is 12.8 Å². The fraction of sp³-hybridized carbons (Fsp3) is 0.438. The van der Waals surface area contributed by atoms with E-state index in [0.717, 1.165) is 47.9 Å². The van der Waals surface area contributed by atoms with Crippen molar-refractivity contribution >= 4 is 17.0 Å². The second-order valence-corrected chi connectivity index (χ2v) is 5.70. The average Bonchev–Trinajstić information content (AvgIpc) is 2.99. The highest BCUT2D eigenvalue weighted by Crippen LogP contribution is 2.43. The minimum Gasteiger partial charge on any atom is -0.356 e. The van der Waals surface area contributed by atoms with Crippen molar-refractivity contribution in [2.45, 2.75) is 45.1 Å². The number of nitrogens with zero attached hydrogens (tertiary/aromatic N) is 1. The van der Waals surface area contributed by atoms with E-state index in [-0.39, 0.29) is 5.82 Å². The molecular weight excluding hydrogens is 255 g/mol. The zero-order valence-electron chi connectivity index (χ0n) is 11.7. The summed E-state index contributed by atoms with van der Waals surface area (Å²) < 4.78 is 14.3. The summed E-state index contributed by atoms with van der Waals surface area (Å²) in [6.07, 6.45) is 5.28. The normalized spacial score (nSPS) is 17.4. The van der Waals surface area contributed by atoms with Crippen LogP contribution in [0, 0.1) is 19.7 Å². The molecule has 0 aliphatic heterocycles. The van der Waals surface area contributed by atoms with Crippen LogP contribution in [0.1, 0.15) is 42.5 Å². The highest BCUT2D eigenvalue weighted by molar-refractivity contribution is 5.85. The number of nitrogens with one attached hydrogen (secondary N) is 1. The van der Waals surface area contributed by atoms with Crippen molar-refractivity contribution in [3.63, 3.8) is 0 Å². The lowest BCUT2D eigenvalue weighted by atomic mass is 9.88. The van der Waals surface area contributed by atoms with Gasteiger partial charge in [0.25, 0.3) is 0 Å². The van der Waals surface area contributed by atoms with Gasteiger partial charge in [-0.25, -0.2) is 9.18 Å². The first-order chi connectivity index (χ1) is 9.57. The number of rotatable bonds is 2. The molecule has 0 bridgehead atoms. The van der Waals surface area contributed by atoms with Gasteiger partial charge < -0.3 is 4.98 Å². The number of fused-ring (bicyclic) bond motifs is 1. The molecule has 0 unspecified atom stereocenters. The summed E-state index contributed by atoms with van der Waals surface area (Å²) in [6.45, 7) is 3.91. The number of hydrogen-bond acceptors (Lipinski definition) is 2. The summed E-state index contributed by atoms with van der Waals surface area (Å²) in [5, 5.41) is 0.880. The van der Waals surface area contributed by atoms with E-state index in [1.54, 1.807) is 6.08 Å². The molecule has 1 aromatic carbocycles. The third-order valence-corrected chi connectivity index (χ3v) is 4.60. The Hall–Kier alpha value is -1.93. The molecule has 1 aromatic heterocycles. The molecule has 3 nitrogen and oxygen atoms in total. The number of carbonyl (C=O) groups excluding carboxylic acids is 1. The van der Waals surface area contributed by atoms with Crippen LogP contribution in [0.5, 0.6) is 0 Å². The predicted octanol–water partition coefficient (Wildman–Crippen LogP) is 4.03. The molecule has 1 fully saturated rings. The summed E-state index contributed by atoms with van der Waals surface area (Å²) >= 11 is 0. The van der Waals surface area contributed by atoms with Gasteiger partial charge in [0.1, 0.15) is 5.82 Å². The lowest BCUT2D eigenvalue weighted by Gasteiger charge is -2.23. The quantitative estimate of drug-likeness (QED) is 0.651. The Labute approximate surface area is 116 Å². The van der Waals surface area contributed by atoms with Crippen LogP contribution in [-0.4, -0.2) is 11.1 Å². The molecule has 1 aliphatic carbocycles. The van der Waals surface area contributed by atoms with Gasteiger partial charge in [-0.3, -0.25) is 0 Å². The standard InChI is InChI=1S/C16H17FN2O/c1-10-11(2)19-15-13(10)7-12(8-14(15)17)16(18-9-20)5-3-4-6-16/h7-8,19H,3-6H2,1-2H3. The third-order valence-electron chi connectivity index (χ3n) is 4.60. The Morgan fingerprint density at radius 2 is 2.00 bits per heavy atom. The Morgan fingerprint density at radius 1 is 1.30 bits per heavy atom. The number of hydrogen-bond donors (Lipinski definition) is 1. The van der Waals surface area contributed by atoms with Gasteiger partial charge in [0, 0.05) is 11.1 Å². The lowest BCUT2D eigenvalue weighted by Crippen LogP contribution is -2.19. The average molecular weight is 272 g/mol. The molecule has 104 valence electrons. The van der Waals surface area contributed by atoms with Crippen molar-refractivity contribution in [1.82, 2.24) is 4.98 Å². The largest absolute Gasteiger partial charge is 0.356 e. The molecule has 0 saturated heterocycles. The van der Waals surface area contributed by atoms with Gasteiger partial charge in [0.15, 0.2) is 0 Å². The number of H-pyrrole nitrogens is 1. The maximum Gasteiger partial charge on any atom is 0.235 e. The van der Waals surface area contributed by atoms with Gasteiger partial charge >= 0.3 is 0 Å². The van der Waals surface area contributed by atoms with E-state index in [4.69, 9.17) is 0 Å². The van der Waals surface area contributed by atoms with Crippen LogP contribution >= 0.6 is 0 Å². The molecule has 2 aromatic rings. The molecule has 0 spiro atoms. The van der Waals surface area contributed by atoms with Crippen LogP contribution in [0.4, 0.5) is 4.39 Å². The predicted molar refractivity (Wildman–Crippen MR) is 76.0 cm³/mol. The molecule has 1 N–H and O–H groups in total. The Bertz CT molecular complexity index is 720. The van der Waals surface area contributed by atoms with Crippen molar-refractivity contribution in [3.05, 3.63) is 34.8 Å². The first-order valence-electron chi connectivity index (χ1n) is 6.95. The molecule has 4 heteroatoms. The Kier molecular flexibility index (Phi) is 2.98. The van der Waals surface area contributed by atoms with Gasteiger partial charge in [-0.15, -0.1) is 0 Å². The van der Waals surface area contributed by atoms with Crippen LogP contribution in [0.15, 0.2) is 17.1 Å². The third kappa shape index (κ3) is 1.80. The second kappa shape index (κ2) is 4.57. The summed E-state index contributed by atoms with van der Waals surface area (Å²) in [5.74, 6) is -0.277. The molecule has 0 amide bonds. The van der Waals surface area contributed by atoms with Crippen molar-refractivity contribution in [2.75, 3.05) is 0 Å². The SMILES string of the molecule is Cc1[nH]c2c(F)cc(C3(N=C=O)CCCC3)cc2c1C. The van der Waals surface area contributed by atoms with E-state index < -0.39 is 5.54 Å². The zero-order chi connectivity index (χ0) is 14.3. The smallest absolute Gasteiger partial charge is 0.235 e. The van der Waals surface area contributed by atoms with Crippen LogP contribution in [0.2, 0.25) is 0 Å². The summed E-state index contributed by atoms with van der Waals surface area (Å²) in [5.41, 5.74) is 2.77. The van der Waals surface area contributed by atoms with E-state index in [1.165, 1.54) is 6.07 Å². The fourth-order valence-electron chi connectivity index (χ4n) is 3.29. The molecule has 0 radical (unpaired) electrons. The Morgan fingerprint density at radius 3 is 2.65 bits per heavy atom. The zero-order valence-corrected chi connectivity index (χ0v) is 11.7. The first-order valence-corrected chi connectivity index (χ1v) is 6.95. The maximum absolute atomic E-state index is 14.3. The van der Waals surface area contributed by atoms with Gasteiger partial charge in [-0.2, -0.15) is 4.99 Å². The van der Waals surface area contributed by atoms with Crippen LogP contribution in [-0.2, 0) is 10.3 Å². The molecule has 20 heavy (non-hydrogen) atoms. The second-order valence-electron chi connectivity index (χ2n) is 5.70. The minimum atomic E-state index is -0.575. The Balaban J connectivity index is 2.26. The fourth-order valence-corrected chi connectivity index (χ4v) is 3.29. The number of aromatic amines is 1. The highest BCUT2D eigenvalue weighted by atomic mass is 19.1. The monoisotopic (exact) mass is 272 g/mol. The number of aliphatic imine (C=N–C) groups is 1. The number of halogens is 1. The maximum atomic E-state index is 14.3. The lowest BCUT2D eigenvalue weighted by molar-refractivity contribution is 0.453. The molecule has 3 rings (SSSR count). The van der Waals surface area contributed by atoms with E-state index in [1.807, 2.05) is 19.9 Å². The molecule has 1 heterocycles. The van der Waals surface area contributed by atoms with E-state index in [0.29, 0.717) is 5.52 Å². The van der Waals surface area contributed by atoms with Crippen LogP contribution in [0.3, 0.4) is 0 Å². The van der Waals surface area contributed by atoms with Crippen molar-refractivity contribution in [1.29, 1.82) is 0 Å². The van der Waals surface area contributed by atoms with Gasteiger partial charge in [0.2, 0.25) is 6.08 Å².